The number of amides is 3. The first-order valence-corrected chi connectivity index (χ1v) is 13.9. The Labute approximate surface area is 260 Å². The van der Waals surface area contributed by atoms with Crippen LogP contribution in [0.4, 0.5) is 31.4 Å². The van der Waals surface area contributed by atoms with E-state index in [2.05, 4.69) is 29.1 Å². The average Bonchev–Trinajstić information content (AvgIpc) is 2.99. The van der Waals surface area contributed by atoms with Crippen LogP contribution in [0, 0.1) is 13.8 Å². The number of esters is 1. The summed E-state index contributed by atoms with van der Waals surface area (Å²) in [4.78, 5) is 71.4. The van der Waals surface area contributed by atoms with E-state index in [4.69, 9.17) is 18.9 Å². The van der Waals surface area contributed by atoms with E-state index < -0.39 is 30.4 Å². The number of carbonyl (C=O) groups is 6. The minimum absolute atomic E-state index is 0.0158. The zero-order valence-electron chi connectivity index (χ0n) is 25.4. The molecule has 0 heterocycles. The zero-order chi connectivity index (χ0) is 33.4. The van der Waals surface area contributed by atoms with Gasteiger partial charge in [0.25, 0.3) is 0 Å². The van der Waals surface area contributed by atoms with Crippen molar-refractivity contribution in [2.75, 3.05) is 35.8 Å². The van der Waals surface area contributed by atoms with Gasteiger partial charge in [-0.3, -0.25) is 30.3 Å². The maximum Gasteiger partial charge on any atom is 0.412 e. The molecule has 0 aliphatic heterocycles. The van der Waals surface area contributed by atoms with E-state index in [1.54, 1.807) is 51.1 Å². The molecule has 0 aliphatic carbocycles. The second-order valence-electron chi connectivity index (χ2n) is 9.74. The second kappa shape index (κ2) is 18.3. The van der Waals surface area contributed by atoms with E-state index >= 15 is 0 Å². The minimum Gasteiger partial charge on any atom is -0.461 e. The SMILES string of the molecule is C=CC(=O)CCOC(=O)Nc1cc(CC(=O)OCC(C)OC(=O)Nc2ccc(C)c(NC(=O)OCCC(=O)C=C)c2)ccc1C. The summed E-state index contributed by atoms with van der Waals surface area (Å²) in [5.74, 6) is -1.08. The molecule has 0 aliphatic rings. The van der Waals surface area contributed by atoms with Gasteiger partial charge in [-0.15, -0.1) is 0 Å². The Morgan fingerprint density at radius 3 is 1.82 bits per heavy atom. The summed E-state index contributed by atoms with van der Waals surface area (Å²) in [6.07, 6.45) is -0.877. The third-order valence-electron chi connectivity index (χ3n) is 6.01. The molecule has 2 aromatic carbocycles. The van der Waals surface area contributed by atoms with Crippen molar-refractivity contribution < 1.29 is 47.7 Å². The highest BCUT2D eigenvalue weighted by Crippen LogP contribution is 2.21. The van der Waals surface area contributed by atoms with Crippen LogP contribution < -0.4 is 16.0 Å². The van der Waals surface area contributed by atoms with Crippen LogP contribution in [-0.2, 0) is 39.8 Å². The van der Waals surface area contributed by atoms with Gasteiger partial charge in [0, 0.05) is 29.9 Å². The Morgan fingerprint density at radius 1 is 0.733 bits per heavy atom. The molecule has 13 nitrogen and oxygen atoms in total. The molecule has 0 bridgehead atoms. The third kappa shape index (κ3) is 13.6. The number of aryl methyl sites for hydroxylation is 2. The molecule has 0 saturated carbocycles. The lowest BCUT2D eigenvalue weighted by Crippen LogP contribution is -2.25. The fraction of sp³-hybridized carbons (Fsp3) is 0.312. The van der Waals surface area contributed by atoms with Crippen molar-refractivity contribution in [1.29, 1.82) is 0 Å². The van der Waals surface area contributed by atoms with E-state index in [9.17, 15) is 28.8 Å². The number of hydrogen-bond acceptors (Lipinski definition) is 10. The molecule has 1 atom stereocenters. The fourth-order valence-electron chi connectivity index (χ4n) is 3.53. The van der Waals surface area contributed by atoms with Crippen LogP contribution in [0.15, 0.2) is 61.7 Å². The standard InChI is InChI=1S/C32H37N3O10/c1-6-25(36)12-14-42-30(39)34-27-16-23(10-8-20(27)3)17-29(38)44-19-22(5)45-32(41)33-24-11-9-21(4)28(18-24)35-31(40)43-15-13-26(37)7-2/h6-11,16,18,22H,1-2,12-15,17,19H2,3-5H3,(H,33,41)(H,34,39)(H,35,40). The van der Waals surface area contributed by atoms with Gasteiger partial charge in [0.1, 0.15) is 25.9 Å². The van der Waals surface area contributed by atoms with E-state index in [0.29, 0.717) is 28.2 Å². The van der Waals surface area contributed by atoms with Gasteiger partial charge in [0.2, 0.25) is 0 Å². The molecule has 3 N–H and O–H groups in total. The van der Waals surface area contributed by atoms with Crippen LogP contribution in [0.2, 0.25) is 0 Å². The largest absolute Gasteiger partial charge is 0.461 e. The maximum absolute atomic E-state index is 12.4. The number of rotatable bonds is 16. The number of anilines is 3. The van der Waals surface area contributed by atoms with Crippen molar-refractivity contribution >= 4 is 52.9 Å². The topological polar surface area (TPSA) is 175 Å². The number of allylic oxidation sites excluding steroid dienone is 2. The van der Waals surface area contributed by atoms with Gasteiger partial charge in [-0.05, 0) is 67.8 Å². The first kappa shape index (κ1) is 35.7. The molecule has 240 valence electrons. The van der Waals surface area contributed by atoms with Crippen molar-refractivity contribution in [2.45, 2.75) is 46.1 Å². The summed E-state index contributed by atoms with van der Waals surface area (Å²) < 4.78 is 20.5. The van der Waals surface area contributed by atoms with Crippen molar-refractivity contribution in [2.24, 2.45) is 0 Å². The van der Waals surface area contributed by atoms with Gasteiger partial charge in [0.15, 0.2) is 11.6 Å². The van der Waals surface area contributed by atoms with Crippen molar-refractivity contribution in [3.63, 3.8) is 0 Å². The van der Waals surface area contributed by atoms with Crippen molar-refractivity contribution in [1.82, 2.24) is 0 Å². The molecule has 0 aromatic heterocycles. The minimum atomic E-state index is -0.811. The van der Waals surface area contributed by atoms with Gasteiger partial charge >= 0.3 is 24.2 Å². The van der Waals surface area contributed by atoms with Gasteiger partial charge < -0.3 is 18.9 Å². The Hall–Kier alpha value is -5.46. The van der Waals surface area contributed by atoms with E-state index in [0.717, 1.165) is 17.7 Å². The summed E-state index contributed by atoms with van der Waals surface area (Å²) in [6.45, 7) is 11.4. The Bertz CT molecular complexity index is 1440. The number of benzene rings is 2. The number of ketones is 2. The van der Waals surface area contributed by atoms with Crippen LogP contribution in [0.5, 0.6) is 0 Å². The van der Waals surface area contributed by atoms with E-state index in [-0.39, 0.29) is 50.6 Å². The zero-order valence-corrected chi connectivity index (χ0v) is 25.4. The predicted octanol–water partition coefficient (Wildman–Crippen LogP) is 5.41. The normalized spacial score (nSPS) is 10.8. The smallest absolute Gasteiger partial charge is 0.412 e. The van der Waals surface area contributed by atoms with Gasteiger partial charge in [-0.1, -0.05) is 31.4 Å². The Balaban J connectivity index is 1.81. The van der Waals surface area contributed by atoms with Crippen LogP contribution in [0.1, 0.15) is 36.5 Å². The lowest BCUT2D eigenvalue weighted by Gasteiger charge is -2.15. The summed E-state index contributed by atoms with van der Waals surface area (Å²) in [7, 11) is 0. The first-order valence-electron chi connectivity index (χ1n) is 13.9. The van der Waals surface area contributed by atoms with Crippen LogP contribution in [0.25, 0.3) is 0 Å². The predicted molar refractivity (Wildman–Crippen MR) is 166 cm³/mol. The van der Waals surface area contributed by atoms with Gasteiger partial charge in [0.05, 0.1) is 6.42 Å². The lowest BCUT2D eigenvalue weighted by molar-refractivity contribution is -0.145. The monoisotopic (exact) mass is 623 g/mol. The molecule has 45 heavy (non-hydrogen) atoms. The Morgan fingerprint density at radius 2 is 1.27 bits per heavy atom. The molecule has 1 unspecified atom stereocenters. The summed E-state index contributed by atoms with van der Waals surface area (Å²) in [6, 6.07) is 9.81. The number of nitrogens with one attached hydrogen (secondary N) is 3. The van der Waals surface area contributed by atoms with Crippen molar-refractivity contribution in [3.05, 3.63) is 78.4 Å². The molecule has 0 fully saturated rings. The van der Waals surface area contributed by atoms with Gasteiger partial charge in [-0.25, -0.2) is 14.4 Å². The molecule has 0 saturated heterocycles. The van der Waals surface area contributed by atoms with E-state index in [1.165, 1.54) is 6.07 Å². The quantitative estimate of drug-likeness (QED) is 0.124. The highest BCUT2D eigenvalue weighted by Gasteiger charge is 2.15. The molecule has 13 heteroatoms. The summed E-state index contributed by atoms with van der Waals surface area (Å²) in [5.41, 5.74) is 3.12. The van der Waals surface area contributed by atoms with Crippen molar-refractivity contribution in [3.8, 4) is 0 Å². The van der Waals surface area contributed by atoms with Crippen LogP contribution in [-0.4, -0.2) is 61.7 Å². The average molecular weight is 624 g/mol. The highest BCUT2D eigenvalue weighted by atomic mass is 16.6. The third-order valence-corrected chi connectivity index (χ3v) is 6.01. The number of hydrogen-bond donors (Lipinski definition) is 3. The second-order valence-corrected chi connectivity index (χ2v) is 9.74. The summed E-state index contributed by atoms with van der Waals surface area (Å²) in [5, 5.41) is 7.67. The fourth-order valence-corrected chi connectivity index (χ4v) is 3.53. The number of carbonyl (C=O) groups excluding carboxylic acids is 6. The molecular formula is C32H37N3O10. The maximum atomic E-state index is 12.4. The molecule has 0 radical (unpaired) electrons. The summed E-state index contributed by atoms with van der Waals surface area (Å²) >= 11 is 0. The van der Waals surface area contributed by atoms with Crippen LogP contribution >= 0.6 is 0 Å². The lowest BCUT2D eigenvalue weighted by atomic mass is 10.1. The molecule has 2 aromatic rings. The van der Waals surface area contributed by atoms with Gasteiger partial charge in [-0.2, -0.15) is 0 Å². The number of ether oxygens (including phenoxy) is 4. The molecular weight excluding hydrogens is 586 g/mol. The molecule has 0 spiro atoms. The Kier molecular flexibility index (Phi) is 14.5. The van der Waals surface area contributed by atoms with E-state index in [1.807, 2.05) is 0 Å². The molecule has 3 amide bonds. The highest BCUT2D eigenvalue weighted by molar-refractivity contribution is 5.91. The van der Waals surface area contributed by atoms with Crippen LogP contribution in [0.3, 0.4) is 0 Å². The molecule has 2 rings (SSSR count). The first-order chi connectivity index (χ1) is 21.4.